The van der Waals surface area contributed by atoms with Crippen molar-refractivity contribution in [1.29, 1.82) is 0 Å². The van der Waals surface area contributed by atoms with E-state index >= 15 is 0 Å². The van der Waals surface area contributed by atoms with E-state index in [0.29, 0.717) is 18.5 Å². The molecule has 0 radical (unpaired) electrons. The van der Waals surface area contributed by atoms with Gasteiger partial charge in [0.05, 0.1) is 6.20 Å². The SMILES string of the molecule is CCNC(=NCc1ncc(C(C)(C)C)o1)NCC(C)N(C)C1CC1.I. The molecule has 0 bridgehead atoms. The molecule has 1 heterocycles. The van der Waals surface area contributed by atoms with Crippen LogP contribution in [0.25, 0.3) is 0 Å². The van der Waals surface area contributed by atoms with Crippen molar-refractivity contribution in [3.8, 4) is 0 Å². The maximum atomic E-state index is 5.80. The third-order valence-corrected chi connectivity index (χ3v) is 4.39. The Morgan fingerprint density at radius 1 is 1.40 bits per heavy atom. The fourth-order valence-electron chi connectivity index (χ4n) is 2.45. The predicted molar refractivity (Wildman–Crippen MR) is 114 cm³/mol. The summed E-state index contributed by atoms with van der Waals surface area (Å²) in [4.78, 5) is 11.4. The van der Waals surface area contributed by atoms with Crippen molar-refractivity contribution >= 4 is 29.9 Å². The van der Waals surface area contributed by atoms with E-state index < -0.39 is 0 Å². The fourth-order valence-corrected chi connectivity index (χ4v) is 2.45. The fraction of sp³-hybridized carbons (Fsp3) is 0.778. The van der Waals surface area contributed by atoms with Crippen LogP contribution in [-0.2, 0) is 12.0 Å². The zero-order chi connectivity index (χ0) is 17.7. The second-order valence-corrected chi connectivity index (χ2v) is 7.69. The number of nitrogens with one attached hydrogen (secondary N) is 2. The standard InChI is InChI=1S/C18H33N5O.HI/c1-7-19-17(21-10-13(2)23(6)14-8-9-14)22-12-16-20-11-15(24-16)18(3,4)5;/h11,13-14H,7-10,12H2,1-6H3,(H2,19,21,22);1H. The predicted octanol–water partition coefficient (Wildman–Crippen LogP) is 3.13. The van der Waals surface area contributed by atoms with Crippen LogP contribution in [0.5, 0.6) is 0 Å². The minimum atomic E-state index is -0.0272. The monoisotopic (exact) mass is 463 g/mol. The minimum Gasteiger partial charge on any atom is -0.443 e. The van der Waals surface area contributed by atoms with E-state index in [1.165, 1.54) is 12.8 Å². The highest BCUT2D eigenvalue weighted by Crippen LogP contribution is 2.26. The summed E-state index contributed by atoms with van der Waals surface area (Å²) in [6.07, 6.45) is 4.46. The largest absolute Gasteiger partial charge is 0.443 e. The summed E-state index contributed by atoms with van der Waals surface area (Å²) in [5.74, 6) is 2.36. The molecular formula is C18H34IN5O. The van der Waals surface area contributed by atoms with Crippen molar-refractivity contribution in [2.75, 3.05) is 20.1 Å². The molecule has 1 unspecified atom stereocenters. The number of guanidine groups is 1. The maximum Gasteiger partial charge on any atom is 0.216 e. The first-order chi connectivity index (χ1) is 11.3. The lowest BCUT2D eigenvalue weighted by Gasteiger charge is -2.25. The second-order valence-electron chi connectivity index (χ2n) is 7.69. The van der Waals surface area contributed by atoms with E-state index in [1.54, 1.807) is 6.20 Å². The Hall–Kier alpha value is -0.830. The molecule has 144 valence electrons. The van der Waals surface area contributed by atoms with Crippen LogP contribution in [0.15, 0.2) is 15.6 Å². The molecule has 1 aromatic rings. The summed E-state index contributed by atoms with van der Waals surface area (Å²) < 4.78 is 5.80. The third-order valence-electron chi connectivity index (χ3n) is 4.39. The second kappa shape index (κ2) is 9.75. The summed E-state index contributed by atoms with van der Waals surface area (Å²) in [5.41, 5.74) is -0.0272. The number of aliphatic imine (C=N–C) groups is 1. The van der Waals surface area contributed by atoms with Gasteiger partial charge in [0, 0.05) is 30.6 Å². The lowest BCUT2D eigenvalue weighted by atomic mass is 9.94. The van der Waals surface area contributed by atoms with Gasteiger partial charge in [0.1, 0.15) is 12.3 Å². The van der Waals surface area contributed by atoms with Crippen molar-refractivity contribution < 1.29 is 4.42 Å². The molecule has 0 spiro atoms. The molecule has 7 heteroatoms. The quantitative estimate of drug-likeness (QED) is 0.370. The van der Waals surface area contributed by atoms with Crippen LogP contribution < -0.4 is 10.6 Å². The van der Waals surface area contributed by atoms with Gasteiger partial charge < -0.3 is 15.1 Å². The van der Waals surface area contributed by atoms with Crippen LogP contribution in [0, 0.1) is 0 Å². The van der Waals surface area contributed by atoms with Crippen LogP contribution in [0.1, 0.15) is 59.1 Å². The Morgan fingerprint density at radius 2 is 2.08 bits per heavy atom. The molecular weight excluding hydrogens is 429 g/mol. The molecule has 1 saturated carbocycles. The molecule has 6 nitrogen and oxygen atoms in total. The van der Waals surface area contributed by atoms with Gasteiger partial charge in [-0.15, -0.1) is 24.0 Å². The molecule has 1 aromatic heterocycles. The van der Waals surface area contributed by atoms with Crippen LogP contribution in [0.3, 0.4) is 0 Å². The highest BCUT2D eigenvalue weighted by Gasteiger charge is 2.29. The lowest BCUT2D eigenvalue weighted by Crippen LogP contribution is -2.45. The molecule has 0 saturated heterocycles. The summed E-state index contributed by atoms with van der Waals surface area (Å²) in [7, 11) is 2.20. The van der Waals surface area contributed by atoms with Gasteiger partial charge in [-0.2, -0.15) is 0 Å². The van der Waals surface area contributed by atoms with Gasteiger partial charge in [0.15, 0.2) is 5.96 Å². The van der Waals surface area contributed by atoms with Gasteiger partial charge in [-0.1, -0.05) is 20.8 Å². The number of likely N-dealkylation sites (N-methyl/N-ethyl adjacent to an activating group) is 1. The molecule has 2 rings (SSSR count). The van der Waals surface area contributed by atoms with Crippen molar-refractivity contribution in [2.24, 2.45) is 4.99 Å². The molecule has 0 aromatic carbocycles. The van der Waals surface area contributed by atoms with E-state index in [1.807, 2.05) is 0 Å². The lowest BCUT2D eigenvalue weighted by molar-refractivity contribution is 0.247. The first-order valence-electron chi connectivity index (χ1n) is 9.00. The van der Waals surface area contributed by atoms with Gasteiger partial charge in [-0.25, -0.2) is 9.98 Å². The number of rotatable bonds is 7. The Balaban J connectivity index is 0.00000312. The minimum absolute atomic E-state index is 0. The van der Waals surface area contributed by atoms with Crippen molar-refractivity contribution in [3.63, 3.8) is 0 Å². The van der Waals surface area contributed by atoms with Crippen molar-refractivity contribution in [3.05, 3.63) is 17.8 Å². The van der Waals surface area contributed by atoms with Crippen LogP contribution in [-0.4, -0.2) is 48.1 Å². The number of aromatic nitrogens is 1. The van der Waals surface area contributed by atoms with E-state index in [9.17, 15) is 0 Å². The van der Waals surface area contributed by atoms with Gasteiger partial charge in [-0.05, 0) is 33.7 Å². The van der Waals surface area contributed by atoms with E-state index in [-0.39, 0.29) is 29.4 Å². The van der Waals surface area contributed by atoms with Crippen LogP contribution >= 0.6 is 24.0 Å². The normalized spacial score (nSPS) is 16.5. The average Bonchev–Trinajstić information content (AvgIpc) is 3.25. The molecule has 1 aliphatic rings. The first kappa shape index (κ1) is 22.2. The van der Waals surface area contributed by atoms with Crippen molar-refractivity contribution in [1.82, 2.24) is 20.5 Å². The maximum absolute atomic E-state index is 5.80. The summed E-state index contributed by atoms with van der Waals surface area (Å²) in [6, 6.07) is 1.25. The number of nitrogens with zero attached hydrogens (tertiary/aromatic N) is 3. The Kier molecular flexibility index (Phi) is 8.67. The van der Waals surface area contributed by atoms with Crippen molar-refractivity contribution in [2.45, 2.75) is 71.5 Å². The molecule has 1 aliphatic carbocycles. The number of oxazole rings is 1. The molecule has 0 aliphatic heterocycles. The van der Waals surface area contributed by atoms with Gasteiger partial charge >= 0.3 is 0 Å². The number of halogens is 1. The van der Waals surface area contributed by atoms with Gasteiger partial charge in [0.2, 0.25) is 5.89 Å². The van der Waals surface area contributed by atoms with Crippen LogP contribution in [0.4, 0.5) is 0 Å². The Labute approximate surface area is 169 Å². The highest BCUT2D eigenvalue weighted by atomic mass is 127. The zero-order valence-corrected chi connectivity index (χ0v) is 18.8. The molecule has 0 amide bonds. The van der Waals surface area contributed by atoms with E-state index in [0.717, 1.165) is 30.9 Å². The summed E-state index contributed by atoms with van der Waals surface area (Å²) in [6.45, 7) is 12.8. The highest BCUT2D eigenvalue weighted by molar-refractivity contribution is 14.0. The molecule has 2 N–H and O–H groups in total. The topological polar surface area (TPSA) is 65.7 Å². The zero-order valence-electron chi connectivity index (χ0n) is 16.4. The van der Waals surface area contributed by atoms with Gasteiger partial charge in [0.25, 0.3) is 0 Å². The van der Waals surface area contributed by atoms with Crippen LogP contribution in [0.2, 0.25) is 0 Å². The molecule has 25 heavy (non-hydrogen) atoms. The van der Waals surface area contributed by atoms with Gasteiger partial charge in [-0.3, -0.25) is 4.90 Å². The average molecular weight is 463 g/mol. The number of hydrogen-bond acceptors (Lipinski definition) is 4. The molecule has 1 atom stereocenters. The number of hydrogen-bond donors (Lipinski definition) is 2. The van der Waals surface area contributed by atoms with E-state index in [4.69, 9.17) is 4.42 Å². The summed E-state index contributed by atoms with van der Waals surface area (Å²) >= 11 is 0. The molecule has 1 fully saturated rings. The third kappa shape index (κ3) is 7.13. The Bertz CT molecular complexity index is 548. The summed E-state index contributed by atoms with van der Waals surface area (Å²) in [5, 5.41) is 6.70. The smallest absolute Gasteiger partial charge is 0.216 e. The van der Waals surface area contributed by atoms with E-state index in [2.05, 4.69) is 67.2 Å². The Morgan fingerprint density at radius 3 is 2.60 bits per heavy atom. The first-order valence-corrected chi connectivity index (χ1v) is 9.00.